The summed E-state index contributed by atoms with van der Waals surface area (Å²) in [7, 11) is 1.24. The Bertz CT molecular complexity index is 1740. The van der Waals surface area contributed by atoms with Crippen LogP contribution in [0, 0.1) is 39.4 Å². The van der Waals surface area contributed by atoms with Crippen LogP contribution in [0.3, 0.4) is 0 Å². The number of aliphatic hydroxyl groups is 5. The number of rotatable bonds is 11. The Hall–Kier alpha value is -2.87. The molecule has 12 heteroatoms. The second-order valence-corrected chi connectivity index (χ2v) is 20.5. The zero-order valence-corrected chi connectivity index (χ0v) is 36.0. The third-order valence-electron chi connectivity index (χ3n) is 16.0. The number of amides is 1. The predicted molar refractivity (Wildman–Crippen MR) is 216 cm³/mol. The quantitative estimate of drug-likeness (QED) is 0.132. The van der Waals surface area contributed by atoms with Crippen molar-refractivity contribution in [2.45, 2.75) is 174 Å². The van der Waals surface area contributed by atoms with Crippen molar-refractivity contribution in [3.63, 3.8) is 0 Å². The Morgan fingerprint density at radius 2 is 1.60 bits per heavy atom. The Morgan fingerprint density at radius 1 is 0.931 bits per heavy atom. The number of fused-ring (bicyclic) bond motifs is 4. The molecule has 0 bridgehead atoms. The molecule has 0 radical (unpaired) electrons. The summed E-state index contributed by atoms with van der Waals surface area (Å²) in [5, 5.41) is 60.0. The van der Waals surface area contributed by atoms with Crippen molar-refractivity contribution in [3.05, 3.63) is 47.0 Å². The molecule has 6 rings (SSSR count). The van der Waals surface area contributed by atoms with E-state index < -0.39 is 94.9 Å². The van der Waals surface area contributed by atoms with Gasteiger partial charge in [0.2, 0.25) is 5.91 Å². The first-order valence-electron chi connectivity index (χ1n) is 21.4. The lowest BCUT2D eigenvalue weighted by Crippen LogP contribution is -2.62. The van der Waals surface area contributed by atoms with Crippen LogP contribution in [0.25, 0.3) is 0 Å². The molecule has 1 heterocycles. The van der Waals surface area contributed by atoms with Gasteiger partial charge in [-0.2, -0.15) is 0 Å². The van der Waals surface area contributed by atoms with Crippen molar-refractivity contribution in [2.75, 3.05) is 7.11 Å². The van der Waals surface area contributed by atoms with Crippen LogP contribution in [-0.2, 0) is 35.0 Å². The molecular formula is C46H69NO11. The molecule has 1 aromatic rings. The fourth-order valence-electron chi connectivity index (χ4n) is 12.9. The van der Waals surface area contributed by atoms with Gasteiger partial charge in [-0.05, 0) is 100 Å². The van der Waals surface area contributed by atoms with E-state index in [0.29, 0.717) is 25.7 Å². The minimum absolute atomic E-state index is 0.01000. The second-order valence-electron chi connectivity index (χ2n) is 20.5. The van der Waals surface area contributed by atoms with Gasteiger partial charge >= 0.3 is 11.9 Å². The van der Waals surface area contributed by atoms with E-state index in [0.717, 1.165) is 31.2 Å². The topological polar surface area (TPSA) is 192 Å². The normalized spacial score (nSPS) is 38.7. The van der Waals surface area contributed by atoms with E-state index in [4.69, 9.17) is 14.2 Å². The number of methoxy groups -OCH3 is 1. The van der Waals surface area contributed by atoms with E-state index in [2.05, 4.69) is 26.1 Å². The van der Waals surface area contributed by atoms with E-state index in [-0.39, 0.29) is 29.6 Å². The largest absolute Gasteiger partial charge is 0.467 e. The van der Waals surface area contributed by atoms with Gasteiger partial charge in [-0.15, -0.1) is 0 Å². The summed E-state index contributed by atoms with van der Waals surface area (Å²) in [4.78, 5) is 39.1. The third kappa shape index (κ3) is 7.91. The van der Waals surface area contributed by atoms with Gasteiger partial charge < -0.3 is 45.1 Å². The molecule has 3 fully saturated rings. The van der Waals surface area contributed by atoms with Crippen LogP contribution in [0.15, 0.2) is 41.5 Å². The number of aliphatic hydroxyl groups excluding tert-OH is 3. The molecule has 324 valence electrons. The molecule has 6 N–H and O–H groups in total. The highest BCUT2D eigenvalue weighted by molar-refractivity contribution is 5.85. The van der Waals surface area contributed by atoms with Gasteiger partial charge in [-0.3, -0.25) is 9.59 Å². The average Bonchev–Trinajstić information content (AvgIpc) is 3.41. The first-order chi connectivity index (χ1) is 26.9. The number of ether oxygens (including phenoxy) is 3. The maximum Gasteiger partial charge on any atom is 0.328 e. The number of benzene rings is 1. The van der Waals surface area contributed by atoms with Crippen molar-refractivity contribution in [1.29, 1.82) is 0 Å². The van der Waals surface area contributed by atoms with Gasteiger partial charge in [0, 0.05) is 23.2 Å². The molecular weight excluding hydrogens is 743 g/mol. The molecule has 0 spiro atoms. The summed E-state index contributed by atoms with van der Waals surface area (Å²) in [6.45, 7) is 15.5. The van der Waals surface area contributed by atoms with Gasteiger partial charge in [-0.25, -0.2) is 4.79 Å². The predicted octanol–water partition coefficient (Wildman–Crippen LogP) is 4.91. The summed E-state index contributed by atoms with van der Waals surface area (Å²) in [5.74, 6) is -2.12. The van der Waals surface area contributed by atoms with E-state index in [1.54, 1.807) is 13.8 Å². The van der Waals surface area contributed by atoms with Gasteiger partial charge in [0.15, 0.2) is 6.29 Å². The van der Waals surface area contributed by atoms with E-state index in [1.807, 2.05) is 44.2 Å². The zero-order valence-electron chi connectivity index (χ0n) is 36.0. The number of carbonyl (C=O) groups excluding carboxylic acids is 3. The summed E-state index contributed by atoms with van der Waals surface area (Å²) in [6, 6.07) is 8.18. The van der Waals surface area contributed by atoms with Crippen molar-refractivity contribution >= 4 is 17.8 Å². The van der Waals surface area contributed by atoms with E-state index >= 15 is 0 Å². The molecule has 4 aliphatic carbocycles. The summed E-state index contributed by atoms with van der Waals surface area (Å²) < 4.78 is 17.0. The summed E-state index contributed by atoms with van der Waals surface area (Å²) in [6.07, 6.45) is 0.638. The second kappa shape index (κ2) is 15.9. The van der Waals surface area contributed by atoms with Crippen LogP contribution in [0.1, 0.15) is 125 Å². The monoisotopic (exact) mass is 811 g/mol. The SMILES string of the molecule is COC(=O)[C@H](Cc1ccccc1)NC(=O)C[C@@](C)(O)CC(=O)O[C@H]1[C@H](O)C[C@]2(C)C3=C(CC[C@H]2C1(C)C)[C@]1(C)CC[C@H]([C@H]2CC[C@H](C(C)(C)O)O[C@H]2O)[C@@]1(C)[C@@H](O)C3. The molecule has 1 aliphatic heterocycles. The molecule has 13 atom stereocenters. The average molecular weight is 812 g/mol. The van der Waals surface area contributed by atoms with Crippen LogP contribution in [-0.4, -0.2) is 98.4 Å². The van der Waals surface area contributed by atoms with Crippen LogP contribution in [0.5, 0.6) is 0 Å². The fourth-order valence-corrected chi connectivity index (χ4v) is 12.9. The zero-order chi connectivity index (χ0) is 42.8. The maximum atomic E-state index is 13.5. The number of hydrogen-bond acceptors (Lipinski definition) is 11. The van der Waals surface area contributed by atoms with Crippen molar-refractivity contribution < 1.29 is 54.1 Å². The standard InChI is InChI=1S/C46H69NO11/c1-41(2)33-17-16-29-30(22-34(49)46(8)28(19-20-45(29,46)7)27-15-18-35(42(3,4)54)57-39(27)52)44(33,6)23-32(48)38(41)58-37(51)25-43(5,55)24-36(50)47-31(40(53)56-9)21-26-13-11-10-12-14-26/h10-14,27-28,31-35,38-39,48-49,52,54-55H,15-25H2,1-9H3,(H,47,50)/t27-,28-,31+,32-,33+,34+,35-,38+,39-,43-,44-,45+,46+/m1/s1. The minimum atomic E-state index is -1.80. The molecule has 5 aliphatic rings. The highest BCUT2D eigenvalue weighted by atomic mass is 16.6. The van der Waals surface area contributed by atoms with Crippen LogP contribution < -0.4 is 5.32 Å². The highest BCUT2D eigenvalue weighted by Gasteiger charge is 2.68. The molecule has 1 saturated heterocycles. The number of hydrogen-bond donors (Lipinski definition) is 6. The van der Waals surface area contributed by atoms with Crippen molar-refractivity contribution in [1.82, 2.24) is 5.32 Å². The Labute approximate surface area is 344 Å². The summed E-state index contributed by atoms with van der Waals surface area (Å²) >= 11 is 0. The molecule has 0 unspecified atom stereocenters. The highest BCUT2D eigenvalue weighted by Crippen LogP contribution is 2.73. The lowest BCUT2D eigenvalue weighted by Gasteiger charge is -2.64. The molecule has 0 aromatic heterocycles. The van der Waals surface area contributed by atoms with Gasteiger partial charge in [0.05, 0.1) is 49.5 Å². The molecule has 12 nitrogen and oxygen atoms in total. The van der Waals surface area contributed by atoms with Crippen LogP contribution in [0.2, 0.25) is 0 Å². The number of allylic oxidation sites excluding steroid dienone is 1. The number of nitrogens with one attached hydrogen (secondary N) is 1. The maximum absolute atomic E-state index is 13.5. The number of carbonyl (C=O) groups is 3. The Balaban J connectivity index is 1.14. The molecule has 1 amide bonds. The number of esters is 2. The summed E-state index contributed by atoms with van der Waals surface area (Å²) in [5.41, 5.74) is -1.49. The third-order valence-corrected chi connectivity index (χ3v) is 16.0. The van der Waals surface area contributed by atoms with Crippen molar-refractivity contribution in [2.24, 2.45) is 39.4 Å². The fraction of sp³-hybridized carbons (Fsp3) is 0.761. The first kappa shape index (κ1) is 44.7. The van der Waals surface area contributed by atoms with Gasteiger partial charge in [-0.1, -0.05) is 76.1 Å². The first-order valence-corrected chi connectivity index (χ1v) is 21.4. The molecule has 2 saturated carbocycles. The van der Waals surface area contributed by atoms with E-state index in [9.17, 15) is 39.9 Å². The van der Waals surface area contributed by atoms with E-state index in [1.165, 1.54) is 25.2 Å². The Morgan fingerprint density at radius 3 is 2.22 bits per heavy atom. The lowest BCUT2D eigenvalue weighted by atomic mass is 9.42. The van der Waals surface area contributed by atoms with Crippen molar-refractivity contribution in [3.8, 4) is 0 Å². The molecule has 1 aromatic carbocycles. The Kier molecular flexibility index (Phi) is 12.2. The van der Waals surface area contributed by atoms with Crippen LogP contribution >= 0.6 is 0 Å². The van der Waals surface area contributed by atoms with Crippen LogP contribution in [0.4, 0.5) is 0 Å². The van der Waals surface area contributed by atoms with Gasteiger partial charge in [0.1, 0.15) is 12.1 Å². The smallest absolute Gasteiger partial charge is 0.328 e. The lowest BCUT2D eigenvalue weighted by molar-refractivity contribution is -0.251. The van der Waals surface area contributed by atoms with Gasteiger partial charge in [0.25, 0.3) is 0 Å². The minimum Gasteiger partial charge on any atom is -0.467 e. The molecule has 58 heavy (non-hydrogen) atoms.